The molecular formula is C13H24N4. The zero-order valence-electron chi connectivity index (χ0n) is 11.0. The van der Waals surface area contributed by atoms with E-state index in [9.17, 15) is 0 Å². The Balaban J connectivity index is 1.70. The maximum atomic E-state index is 4.30. The number of hydrogen-bond donors (Lipinski definition) is 2. The van der Waals surface area contributed by atoms with Crippen LogP contribution in [-0.2, 0) is 6.54 Å². The van der Waals surface area contributed by atoms with Gasteiger partial charge < -0.3 is 15.2 Å². The zero-order chi connectivity index (χ0) is 12.1. The lowest BCUT2D eigenvalue weighted by Gasteiger charge is -2.29. The second-order valence-electron chi connectivity index (χ2n) is 5.12. The molecule has 2 heterocycles. The monoisotopic (exact) mass is 236 g/mol. The molecule has 0 radical (unpaired) electrons. The first kappa shape index (κ1) is 12.6. The van der Waals surface area contributed by atoms with Gasteiger partial charge in [0.15, 0.2) is 0 Å². The lowest BCUT2D eigenvalue weighted by Crippen LogP contribution is -2.41. The Bertz CT molecular complexity index is 328. The summed E-state index contributed by atoms with van der Waals surface area (Å²) >= 11 is 0. The first-order valence-electron chi connectivity index (χ1n) is 6.70. The number of imidazole rings is 1. The molecule has 1 fully saturated rings. The molecule has 0 amide bonds. The lowest BCUT2D eigenvalue weighted by atomic mass is 10.1. The summed E-state index contributed by atoms with van der Waals surface area (Å²) in [4.78, 5) is 9.98. The van der Waals surface area contributed by atoms with E-state index in [1.165, 1.54) is 38.0 Å². The fourth-order valence-corrected chi connectivity index (χ4v) is 2.43. The van der Waals surface area contributed by atoms with E-state index in [0.29, 0.717) is 6.04 Å². The number of nitrogens with zero attached hydrogens (tertiary/aromatic N) is 2. The minimum absolute atomic E-state index is 0.532. The van der Waals surface area contributed by atoms with Gasteiger partial charge in [-0.15, -0.1) is 0 Å². The van der Waals surface area contributed by atoms with Crippen molar-refractivity contribution >= 4 is 0 Å². The van der Waals surface area contributed by atoms with Gasteiger partial charge in [-0.05, 0) is 39.8 Å². The summed E-state index contributed by atoms with van der Waals surface area (Å²) in [7, 11) is 0. The normalized spacial score (nSPS) is 19.4. The van der Waals surface area contributed by atoms with Crippen molar-refractivity contribution in [1.82, 2.24) is 20.2 Å². The van der Waals surface area contributed by atoms with Gasteiger partial charge in [0.1, 0.15) is 0 Å². The second kappa shape index (κ2) is 6.17. The Hall–Kier alpha value is -0.870. The number of rotatable bonds is 5. The van der Waals surface area contributed by atoms with E-state index in [2.05, 4.69) is 34.0 Å². The summed E-state index contributed by atoms with van der Waals surface area (Å²) in [6.07, 6.45) is 5.91. The second-order valence-corrected chi connectivity index (χ2v) is 5.12. The van der Waals surface area contributed by atoms with Crippen LogP contribution in [0.15, 0.2) is 6.33 Å². The van der Waals surface area contributed by atoms with E-state index >= 15 is 0 Å². The molecular weight excluding hydrogens is 212 g/mol. The van der Waals surface area contributed by atoms with Crippen LogP contribution in [0.25, 0.3) is 0 Å². The van der Waals surface area contributed by atoms with Crippen molar-refractivity contribution in [3.8, 4) is 0 Å². The van der Waals surface area contributed by atoms with Gasteiger partial charge >= 0.3 is 0 Å². The third-order valence-corrected chi connectivity index (χ3v) is 3.53. The van der Waals surface area contributed by atoms with E-state index in [1.807, 2.05) is 0 Å². The predicted octanol–water partition coefficient (Wildman–Crippen LogP) is 1.68. The SMILES string of the molecule is Cc1[nH]cnc1CNC(C)CN1CCCCC1. The Morgan fingerprint density at radius 1 is 1.41 bits per heavy atom. The molecule has 1 aromatic heterocycles. The standard InChI is InChI=1S/C13H24N4/c1-11(9-17-6-4-3-5-7-17)14-8-13-12(2)15-10-16-13/h10-11,14H,3-9H2,1-2H3,(H,15,16). The topological polar surface area (TPSA) is 44.0 Å². The molecule has 0 aliphatic carbocycles. The van der Waals surface area contributed by atoms with Crippen LogP contribution in [-0.4, -0.2) is 40.5 Å². The van der Waals surface area contributed by atoms with Crippen molar-refractivity contribution in [1.29, 1.82) is 0 Å². The largest absolute Gasteiger partial charge is 0.348 e. The van der Waals surface area contributed by atoms with Gasteiger partial charge in [-0.1, -0.05) is 6.42 Å². The van der Waals surface area contributed by atoms with Crippen molar-refractivity contribution in [3.63, 3.8) is 0 Å². The smallest absolute Gasteiger partial charge is 0.0925 e. The number of hydrogen-bond acceptors (Lipinski definition) is 3. The third kappa shape index (κ3) is 3.82. The molecule has 1 aliphatic heterocycles. The summed E-state index contributed by atoms with van der Waals surface area (Å²) in [5.41, 5.74) is 2.30. The van der Waals surface area contributed by atoms with Gasteiger partial charge in [-0.3, -0.25) is 0 Å². The summed E-state index contributed by atoms with van der Waals surface area (Å²) < 4.78 is 0. The fourth-order valence-electron chi connectivity index (χ4n) is 2.43. The van der Waals surface area contributed by atoms with Crippen LogP contribution in [0.3, 0.4) is 0 Å². The van der Waals surface area contributed by atoms with E-state index in [4.69, 9.17) is 0 Å². The maximum absolute atomic E-state index is 4.30. The molecule has 0 spiro atoms. The van der Waals surface area contributed by atoms with Gasteiger partial charge in [0.2, 0.25) is 0 Å². The first-order valence-corrected chi connectivity index (χ1v) is 6.70. The summed E-state index contributed by atoms with van der Waals surface area (Å²) in [6, 6.07) is 0.532. The Morgan fingerprint density at radius 3 is 2.82 bits per heavy atom. The number of likely N-dealkylation sites (tertiary alicyclic amines) is 1. The van der Waals surface area contributed by atoms with Crippen LogP contribution in [0.5, 0.6) is 0 Å². The van der Waals surface area contributed by atoms with Crippen LogP contribution in [0.2, 0.25) is 0 Å². The molecule has 1 unspecified atom stereocenters. The highest BCUT2D eigenvalue weighted by Crippen LogP contribution is 2.09. The average Bonchev–Trinajstić information content (AvgIpc) is 2.74. The van der Waals surface area contributed by atoms with Crippen molar-refractivity contribution in [3.05, 3.63) is 17.7 Å². The first-order chi connectivity index (χ1) is 8.25. The van der Waals surface area contributed by atoms with Crippen LogP contribution in [0.1, 0.15) is 37.6 Å². The minimum Gasteiger partial charge on any atom is -0.348 e. The average molecular weight is 236 g/mol. The third-order valence-electron chi connectivity index (χ3n) is 3.53. The Labute approximate surface area is 104 Å². The van der Waals surface area contributed by atoms with E-state index in [1.54, 1.807) is 6.33 Å². The van der Waals surface area contributed by atoms with Crippen molar-refractivity contribution < 1.29 is 0 Å². The molecule has 4 heteroatoms. The van der Waals surface area contributed by atoms with Gasteiger partial charge in [0.05, 0.1) is 12.0 Å². The fraction of sp³-hybridized carbons (Fsp3) is 0.769. The molecule has 17 heavy (non-hydrogen) atoms. The molecule has 2 N–H and O–H groups in total. The molecule has 0 saturated carbocycles. The molecule has 1 aromatic rings. The molecule has 1 saturated heterocycles. The number of H-pyrrole nitrogens is 1. The number of aromatic nitrogens is 2. The molecule has 96 valence electrons. The summed E-state index contributed by atoms with van der Waals surface area (Å²) in [6.45, 7) is 8.89. The summed E-state index contributed by atoms with van der Waals surface area (Å²) in [5, 5.41) is 3.55. The lowest BCUT2D eigenvalue weighted by molar-refractivity contribution is 0.208. The molecule has 0 aromatic carbocycles. The highest BCUT2D eigenvalue weighted by Gasteiger charge is 2.13. The van der Waals surface area contributed by atoms with Crippen molar-refractivity contribution in [2.24, 2.45) is 0 Å². The van der Waals surface area contributed by atoms with Crippen molar-refractivity contribution in [2.75, 3.05) is 19.6 Å². The Kier molecular flexibility index (Phi) is 4.57. The van der Waals surface area contributed by atoms with Gasteiger partial charge in [-0.2, -0.15) is 0 Å². The number of aryl methyl sites for hydroxylation is 1. The zero-order valence-corrected chi connectivity index (χ0v) is 11.0. The van der Waals surface area contributed by atoms with E-state index < -0.39 is 0 Å². The molecule has 1 atom stereocenters. The maximum Gasteiger partial charge on any atom is 0.0925 e. The number of piperidine rings is 1. The Morgan fingerprint density at radius 2 is 2.18 bits per heavy atom. The molecule has 0 bridgehead atoms. The van der Waals surface area contributed by atoms with E-state index in [0.717, 1.165) is 18.8 Å². The quantitative estimate of drug-likeness (QED) is 0.817. The highest BCUT2D eigenvalue weighted by atomic mass is 15.1. The summed E-state index contributed by atoms with van der Waals surface area (Å²) in [5.74, 6) is 0. The number of aromatic amines is 1. The van der Waals surface area contributed by atoms with Crippen molar-refractivity contribution in [2.45, 2.75) is 45.7 Å². The van der Waals surface area contributed by atoms with Gasteiger partial charge in [0.25, 0.3) is 0 Å². The number of nitrogens with one attached hydrogen (secondary N) is 2. The van der Waals surface area contributed by atoms with Gasteiger partial charge in [0, 0.05) is 24.8 Å². The molecule has 4 nitrogen and oxygen atoms in total. The molecule has 2 rings (SSSR count). The highest BCUT2D eigenvalue weighted by molar-refractivity contribution is 5.08. The van der Waals surface area contributed by atoms with Crippen LogP contribution < -0.4 is 5.32 Å². The van der Waals surface area contributed by atoms with E-state index in [-0.39, 0.29) is 0 Å². The van der Waals surface area contributed by atoms with Gasteiger partial charge in [-0.25, -0.2) is 4.98 Å². The van der Waals surface area contributed by atoms with Crippen LogP contribution in [0.4, 0.5) is 0 Å². The molecule has 1 aliphatic rings. The minimum atomic E-state index is 0.532. The van der Waals surface area contributed by atoms with Crippen LogP contribution in [0, 0.1) is 6.92 Å². The van der Waals surface area contributed by atoms with Crippen LogP contribution >= 0.6 is 0 Å². The predicted molar refractivity (Wildman–Crippen MR) is 69.9 cm³/mol.